The Bertz CT molecular complexity index is 2360. The third kappa shape index (κ3) is 12.6. The molecule has 5 aromatic rings. The van der Waals surface area contributed by atoms with Gasteiger partial charge in [0.1, 0.15) is 0 Å². The average Bonchev–Trinajstić information content (AvgIpc) is 4.22. The molecule has 0 aliphatic carbocycles. The van der Waals surface area contributed by atoms with Crippen molar-refractivity contribution in [1.82, 2.24) is 18.9 Å². The summed E-state index contributed by atoms with van der Waals surface area (Å²) in [6.45, 7) is 11.2. The molecule has 374 valence electrons. The third-order valence-electron chi connectivity index (χ3n) is 14.0. The van der Waals surface area contributed by atoms with Crippen LogP contribution in [0.15, 0.2) is 43.1 Å². The fraction of sp³-hybridized carbons (Fsp3) is 0.571. The maximum atomic E-state index is 15.0. The number of nitrogens with zero attached hydrogens (tertiary/aromatic N) is 4. The Balaban J connectivity index is 1.35. The molecule has 5 aromatic heterocycles. The van der Waals surface area contributed by atoms with Gasteiger partial charge in [0, 0.05) is 0 Å². The van der Waals surface area contributed by atoms with Gasteiger partial charge in [-0.15, -0.1) is 0 Å². The predicted molar refractivity (Wildman–Crippen MR) is 296 cm³/mol. The predicted octanol–water partition coefficient (Wildman–Crippen LogP) is 16.3. The zero-order valence-electron chi connectivity index (χ0n) is 41.7. The van der Waals surface area contributed by atoms with Crippen LogP contribution in [0.1, 0.15) is 223 Å². The molecule has 69 heavy (non-hydrogen) atoms. The standard InChI is InChI=1S/C56H74Br2N4O4SSe2/c1-5-9-13-17-21-25-35-59-49(45-47(51(59)41-31-33-43(57)68-41)55(65)61(53(45)63)37-27-23-19-15-11-7-3)39-29-30-40(67-39)50-46-48(56(66)62(54(46)64)38-28-24-20-16-12-8-4)52(42-32-34-44(58)69-42)60(50)36-26-22-18-14-10-6-2/h29-34H,5-28,35-38H2,1-4H3. The summed E-state index contributed by atoms with van der Waals surface area (Å²) in [4.78, 5) is 64.4. The Kier molecular flexibility index (Phi) is 21.2. The molecule has 0 aromatic carbocycles. The minimum absolute atomic E-state index is 0.0399. The molecule has 2 aliphatic rings. The van der Waals surface area contributed by atoms with Crippen molar-refractivity contribution in [2.24, 2.45) is 0 Å². The molecule has 0 unspecified atom stereocenters. The van der Waals surface area contributed by atoms with Crippen molar-refractivity contribution in [3.63, 3.8) is 0 Å². The fourth-order valence-electron chi connectivity index (χ4n) is 10.3. The van der Waals surface area contributed by atoms with Crippen LogP contribution in [0.5, 0.6) is 0 Å². The van der Waals surface area contributed by atoms with E-state index in [4.69, 9.17) is 0 Å². The van der Waals surface area contributed by atoms with Gasteiger partial charge >= 0.3 is 435 Å². The summed E-state index contributed by atoms with van der Waals surface area (Å²) in [7, 11) is 0. The Labute approximate surface area is 445 Å². The Morgan fingerprint density at radius 1 is 0.377 bits per heavy atom. The number of thiophene rings is 1. The number of carbonyl (C=O) groups excluding carboxylic acids is 4. The minimum atomic E-state index is -0.191. The number of hydrogen-bond donors (Lipinski definition) is 0. The van der Waals surface area contributed by atoms with E-state index in [1.165, 1.54) is 86.8 Å². The maximum absolute atomic E-state index is 15.0. The summed E-state index contributed by atoms with van der Waals surface area (Å²) in [5, 5.41) is 0. The summed E-state index contributed by atoms with van der Waals surface area (Å²) in [6, 6.07) is 12.7. The zero-order chi connectivity index (χ0) is 48.9. The van der Waals surface area contributed by atoms with E-state index in [2.05, 4.69) is 105 Å². The number of carbonyl (C=O) groups is 4. The van der Waals surface area contributed by atoms with Gasteiger partial charge in [0.2, 0.25) is 0 Å². The van der Waals surface area contributed by atoms with Gasteiger partial charge in [0.15, 0.2) is 0 Å². The molecule has 2 aliphatic heterocycles. The van der Waals surface area contributed by atoms with E-state index in [1.54, 1.807) is 11.3 Å². The molecule has 0 radical (unpaired) electrons. The first-order valence-electron chi connectivity index (χ1n) is 26.5. The number of unbranched alkanes of at least 4 members (excludes halogenated alkanes) is 20. The van der Waals surface area contributed by atoms with Gasteiger partial charge in [-0.25, -0.2) is 0 Å². The van der Waals surface area contributed by atoms with Crippen molar-refractivity contribution in [3.8, 4) is 41.4 Å². The summed E-state index contributed by atoms with van der Waals surface area (Å²) in [6.07, 6.45) is 26.5. The van der Waals surface area contributed by atoms with Crippen molar-refractivity contribution in [2.45, 2.75) is 195 Å². The van der Waals surface area contributed by atoms with Crippen molar-refractivity contribution < 1.29 is 19.2 Å². The van der Waals surface area contributed by atoms with Crippen LogP contribution in [0.25, 0.3) is 41.4 Å². The van der Waals surface area contributed by atoms with Crippen LogP contribution in [0.2, 0.25) is 0 Å². The second-order valence-corrected chi connectivity index (χ2v) is 28.9. The third-order valence-corrected chi connectivity index (χ3v) is 21.0. The first-order chi connectivity index (χ1) is 33.7. The molecule has 0 bridgehead atoms. The van der Waals surface area contributed by atoms with Crippen LogP contribution >= 0.6 is 43.2 Å². The number of fused-ring (bicyclic) bond motifs is 2. The molecule has 0 atom stereocenters. The Morgan fingerprint density at radius 3 is 0.971 bits per heavy atom. The number of rotatable bonds is 32. The Hall–Kier alpha value is -2.50. The van der Waals surface area contributed by atoms with E-state index in [0.717, 1.165) is 125 Å². The molecule has 0 saturated carbocycles. The molecule has 7 rings (SSSR count). The number of hydrogen-bond acceptors (Lipinski definition) is 5. The molecule has 7 heterocycles. The number of halogens is 2. The van der Waals surface area contributed by atoms with Crippen molar-refractivity contribution in [3.05, 3.63) is 65.3 Å². The second-order valence-electron chi connectivity index (χ2n) is 19.2. The van der Waals surface area contributed by atoms with E-state index < -0.39 is 0 Å². The summed E-state index contributed by atoms with van der Waals surface area (Å²) < 4.78 is 9.10. The van der Waals surface area contributed by atoms with E-state index in [0.29, 0.717) is 48.4 Å². The first-order valence-corrected chi connectivity index (χ1v) is 32.4. The van der Waals surface area contributed by atoms with Gasteiger partial charge in [-0.1, -0.05) is 13.8 Å². The van der Waals surface area contributed by atoms with E-state index in [1.807, 2.05) is 0 Å². The molecular weight excluding hydrogens is 1140 g/mol. The second kappa shape index (κ2) is 27.0. The molecule has 0 fully saturated rings. The molecule has 0 N–H and O–H groups in total. The van der Waals surface area contributed by atoms with Crippen LogP contribution < -0.4 is 0 Å². The molecule has 4 amide bonds. The van der Waals surface area contributed by atoms with Crippen molar-refractivity contribution >= 4 is 95.8 Å². The normalized spacial score (nSPS) is 13.6. The van der Waals surface area contributed by atoms with Crippen LogP contribution in [0.4, 0.5) is 0 Å². The van der Waals surface area contributed by atoms with Gasteiger partial charge in [-0.2, -0.15) is 0 Å². The van der Waals surface area contributed by atoms with Gasteiger partial charge in [-0.3, -0.25) is 0 Å². The van der Waals surface area contributed by atoms with Gasteiger partial charge < -0.3 is 0 Å². The van der Waals surface area contributed by atoms with Crippen LogP contribution in [0, 0.1) is 0 Å². The topological polar surface area (TPSA) is 84.6 Å². The molecule has 0 saturated heterocycles. The van der Waals surface area contributed by atoms with Crippen molar-refractivity contribution in [2.75, 3.05) is 13.1 Å². The van der Waals surface area contributed by atoms with E-state index in [9.17, 15) is 19.2 Å². The molecular formula is C56H74Br2N4O4SSe2. The average molecular weight is 1220 g/mol. The van der Waals surface area contributed by atoms with Crippen LogP contribution in [-0.4, -0.2) is 84.7 Å². The van der Waals surface area contributed by atoms with Gasteiger partial charge in [-0.05, 0) is 0 Å². The fourth-order valence-corrected chi connectivity index (χ4v) is 16.9. The number of aromatic nitrogens is 2. The summed E-state index contributed by atoms with van der Waals surface area (Å²) in [5.41, 5.74) is 5.60. The number of imide groups is 2. The van der Waals surface area contributed by atoms with E-state index >= 15 is 0 Å². The van der Waals surface area contributed by atoms with Crippen LogP contribution in [-0.2, 0) is 13.1 Å². The SMILES string of the molecule is CCCCCCCCN1C(=O)c2c(c(-c3ccc(Br)[se]3)n(CCCCCCCC)c2-c2ccc(-c3c4c(c(-c5ccc(Br)[se]5)n3CCCCCCCC)C(=O)N(CCCCCCCC)C4=O)s2)C1=O. The van der Waals surface area contributed by atoms with Crippen LogP contribution in [0.3, 0.4) is 0 Å². The Morgan fingerprint density at radius 2 is 0.667 bits per heavy atom. The number of amides is 4. The zero-order valence-corrected chi connectivity index (χ0v) is 49.1. The molecule has 8 nitrogen and oxygen atoms in total. The van der Waals surface area contributed by atoms with Crippen molar-refractivity contribution in [1.29, 1.82) is 0 Å². The van der Waals surface area contributed by atoms with Gasteiger partial charge in [0.05, 0.1) is 0 Å². The summed E-state index contributed by atoms with van der Waals surface area (Å²) in [5.74, 6) is -0.726. The molecule has 13 heteroatoms. The monoisotopic (exact) mass is 1220 g/mol. The first kappa shape index (κ1) is 54.3. The van der Waals surface area contributed by atoms with Gasteiger partial charge in [0.25, 0.3) is 0 Å². The molecule has 0 spiro atoms. The van der Waals surface area contributed by atoms with E-state index in [-0.39, 0.29) is 52.6 Å². The quantitative estimate of drug-likeness (QED) is 0.0244. The summed E-state index contributed by atoms with van der Waals surface area (Å²) >= 11 is 9.09.